The largest absolute Gasteiger partial charge is 0.490 e. The first-order chi connectivity index (χ1) is 17.9. The van der Waals surface area contributed by atoms with Crippen LogP contribution < -0.4 is 19.6 Å². The van der Waals surface area contributed by atoms with Crippen molar-refractivity contribution in [2.45, 2.75) is 38.8 Å². The fourth-order valence-corrected chi connectivity index (χ4v) is 6.63. The molecule has 1 aliphatic carbocycles. The highest BCUT2D eigenvalue weighted by Gasteiger charge is 2.33. The number of allylic oxidation sites excluding steroid dienone is 1. The number of hydrogen-bond acceptors (Lipinski definition) is 4. The van der Waals surface area contributed by atoms with Crippen LogP contribution in [0.2, 0.25) is 10.0 Å². The summed E-state index contributed by atoms with van der Waals surface area (Å²) in [6.07, 6.45) is 3.61. The van der Waals surface area contributed by atoms with Crippen LogP contribution in [0.15, 0.2) is 82.1 Å². The first-order valence-corrected chi connectivity index (χ1v) is 13.8. The Morgan fingerprint density at radius 3 is 2.65 bits per heavy atom. The number of thiazole rings is 1. The Labute approximate surface area is 228 Å². The molecule has 186 valence electrons. The highest BCUT2D eigenvalue weighted by molar-refractivity contribution is 7.07. The molecule has 0 saturated carbocycles. The standard InChI is InChI=1S/C30H24Cl2N2O2S/c1-17(2)36-25-10-6-4-8-19(25)15-26-29(35)34-28(22-14-12-20(31)16-24(22)32)23-13-11-18-7-3-5-9-21(18)27(23)33-30(34)37-26/h3-10,12,14-17,28H,11,13H2,1-2H3. The van der Waals surface area contributed by atoms with Gasteiger partial charge in [0, 0.05) is 21.2 Å². The maximum Gasteiger partial charge on any atom is 0.271 e. The fraction of sp³-hybridized carbons (Fsp3) is 0.200. The molecule has 1 unspecified atom stereocenters. The Balaban J connectivity index is 1.61. The minimum atomic E-state index is -0.353. The topological polar surface area (TPSA) is 43.6 Å². The quantitative estimate of drug-likeness (QED) is 0.296. The number of nitrogens with zero attached hydrogens (tertiary/aromatic N) is 2. The molecular formula is C30H24Cl2N2O2S. The predicted molar refractivity (Wildman–Crippen MR) is 151 cm³/mol. The lowest BCUT2D eigenvalue weighted by Crippen LogP contribution is -2.38. The number of halogens is 2. The number of benzene rings is 3. The number of hydrogen-bond donors (Lipinski definition) is 0. The molecule has 0 amide bonds. The van der Waals surface area contributed by atoms with E-state index < -0.39 is 0 Å². The smallest absolute Gasteiger partial charge is 0.271 e. The summed E-state index contributed by atoms with van der Waals surface area (Å²) in [5, 5.41) is 1.10. The van der Waals surface area contributed by atoms with Gasteiger partial charge >= 0.3 is 0 Å². The van der Waals surface area contributed by atoms with Gasteiger partial charge in [-0.1, -0.05) is 83.1 Å². The fourth-order valence-electron chi connectivity index (χ4n) is 5.12. The molecule has 4 aromatic rings. The summed E-state index contributed by atoms with van der Waals surface area (Å²) in [5.74, 6) is 0.744. The Morgan fingerprint density at radius 2 is 1.84 bits per heavy atom. The van der Waals surface area contributed by atoms with Crippen molar-refractivity contribution in [3.05, 3.63) is 124 Å². The van der Waals surface area contributed by atoms with E-state index in [1.807, 2.05) is 62.4 Å². The molecule has 3 aromatic carbocycles. The average molecular weight is 548 g/mol. The Morgan fingerprint density at radius 1 is 1.05 bits per heavy atom. The third-order valence-corrected chi connectivity index (χ3v) is 8.24. The summed E-state index contributed by atoms with van der Waals surface area (Å²) in [6, 6.07) is 21.3. The second-order valence-corrected chi connectivity index (χ2v) is 11.3. The zero-order chi connectivity index (χ0) is 25.7. The van der Waals surface area contributed by atoms with Gasteiger partial charge in [0.1, 0.15) is 5.75 Å². The van der Waals surface area contributed by atoms with Gasteiger partial charge in [-0.3, -0.25) is 9.36 Å². The molecule has 0 saturated heterocycles. The summed E-state index contributed by atoms with van der Waals surface area (Å²) in [7, 11) is 0. The average Bonchev–Trinajstić information content (AvgIpc) is 3.18. The van der Waals surface area contributed by atoms with Crippen LogP contribution in [-0.2, 0) is 6.42 Å². The van der Waals surface area contributed by atoms with Crippen LogP contribution in [0.4, 0.5) is 0 Å². The maximum absolute atomic E-state index is 14.0. The summed E-state index contributed by atoms with van der Waals surface area (Å²) in [6.45, 7) is 3.98. The van der Waals surface area contributed by atoms with Crippen molar-refractivity contribution >= 4 is 46.3 Å². The van der Waals surface area contributed by atoms with E-state index in [1.54, 1.807) is 10.6 Å². The molecular weight excluding hydrogens is 523 g/mol. The van der Waals surface area contributed by atoms with Crippen molar-refractivity contribution in [3.8, 4) is 5.75 Å². The summed E-state index contributed by atoms with van der Waals surface area (Å²) < 4.78 is 8.39. The summed E-state index contributed by atoms with van der Waals surface area (Å²) >= 11 is 14.4. The predicted octanol–water partition coefficient (Wildman–Crippen LogP) is 6.41. The number of aromatic nitrogens is 1. The first kappa shape index (κ1) is 24.2. The SMILES string of the molecule is CC(C)Oc1ccccc1C=c1sc2n(c1=O)C(c1ccc(Cl)cc1Cl)C1=C(N=2)c2ccccc2CC1. The number of para-hydroxylation sites is 1. The van der Waals surface area contributed by atoms with Crippen LogP contribution in [0.25, 0.3) is 11.8 Å². The molecule has 6 rings (SSSR count). The van der Waals surface area contributed by atoms with E-state index in [0.717, 1.165) is 46.6 Å². The molecule has 1 atom stereocenters. The molecule has 37 heavy (non-hydrogen) atoms. The van der Waals surface area contributed by atoms with Gasteiger partial charge in [0.25, 0.3) is 5.56 Å². The van der Waals surface area contributed by atoms with Gasteiger partial charge in [0.15, 0.2) is 4.80 Å². The van der Waals surface area contributed by atoms with Crippen LogP contribution in [0, 0.1) is 0 Å². The van der Waals surface area contributed by atoms with E-state index in [0.29, 0.717) is 19.4 Å². The first-order valence-electron chi connectivity index (χ1n) is 12.2. The molecule has 0 radical (unpaired) electrons. The van der Waals surface area contributed by atoms with Crippen molar-refractivity contribution in [2.75, 3.05) is 0 Å². The van der Waals surface area contributed by atoms with E-state index >= 15 is 0 Å². The number of aryl methyl sites for hydroxylation is 1. The van der Waals surface area contributed by atoms with E-state index in [4.69, 9.17) is 32.9 Å². The van der Waals surface area contributed by atoms with Crippen LogP contribution in [0.5, 0.6) is 5.75 Å². The van der Waals surface area contributed by atoms with Gasteiger partial charge in [-0.25, -0.2) is 4.99 Å². The summed E-state index contributed by atoms with van der Waals surface area (Å²) in [4.78, 5) is 19.7. The van der Waals surface area contributed by atoms with Gasteiger partial charge in [-0.15, -0.1) is 0 Å². The van der Waals surface area contributed by atoms with Gasteiger partial charge in [0.2, 0.25) is 0 Å². The van der Waals surface area contributed by atoms with Crippen LogP contribution >= 0.6 is 34.5 Å². The highest BCUT2D eigenvalue weighted by atomic mass is 35.5. The van der Waals surface area contributed by atoms with E-state index in [9.17, 15) is 4.79 Å². The lowest BCUT2D eigenvalue weighted by atomic mass is 9.83. The molecule has 1 aliphatic heterocycles. The van der Waals surface area contributed by atoms with Gasteiger partial charge in [-0.05, 0) is 67.7 Å². The van der Waals surface area contributed by atoms with Gasteiger partial charge < -0.3 is 4.74 Å². The Kier molecular flexibility index (Phi) is 6.31. The third-order valence-electron chi connectivity index (χ3n) is 6.70. The highest BCUT2D eigenvalue weighted by Crippen LogP contribution is 2.43. The second-order valence-electron chi connectivity index (χ2n) is 9.48. The monoisotopic (exact) mass is 546 g/mol. The maximum atomic E-state index is 14.0. The van der Waals surface area contributed by atoms with Gasteiger partial charge in [-0.2, -0.15) is 0 Å². The van der Waals surface area contributed by atoms with Crippen molar-refractivity contribution in [2.24, 2.45) is 4.99 Å². The minimum Gasteiger partial charge on any atom is -0.490 e. The van der Waals surface area contributed by atoms with E-state index in [-0.39, 0.29) is 17.7 Å². The molecule has 4 nitrogen and oxygen atoms in total. The number of fused-ring (bicyclic) bond motifs is 3. The molecule has 1 aromatic heterocycles. The molecule has 0 N–H and O–H groups in total. The normalized spacial score (nSPS) is 16.8. The molecule has 2 heterocycles. The lowest BCUT2D eigenvalue weighted by molar-refractivity contribution is 0.242. The number of rotatable bonds is 4. The zero-order valence-electron chi connectivity index (χ0n) is 20.4. The zero-order valence-corrected chi connectivity index (χ0v) is 22.7. The molecule has 7 heteroatoms. The van der Waals surface area contributed by atoms with Crippen molar-refractivity contribution in [3.63, 3.8) is 0 Å². The third kappa shape index (κ3) is 4.35. The van der Waals surface area contributed by atoms with E-state index in [2.05, 4.69) is 18.2 Å². The lowest BCUT2D eigenvalue weighted by Gasteiger charge is -2.31. The molecule has 2 aliphatic rings. The Hall–Kier alpha value is -3.12. The summed E-state index contributed by atoms with van der Waals surface area (Å²) in [5.41, 5.74) is 6.04. The van der Waals surface area contributed by atoms with Crippen LogP contribution in [0.1, 0.15) is 48.6 Å². The molecule has 0 bridgehead atoms. The molecule has 0 spiro atoms. The van der Waals surface area contributed by atoms with E-state index in [1.165, 1.54) is 16.9 Å². The number of ether oxygens (including phenoxy) is 1. The van der Waals surface area contributed by atoms with Crippen molar-refractivity contribution < 1.29 is 4.74 Å². The Bertz CT molecular complexity index is 1750. The second kappa shape index (κ2) is 9.64. The van der Waals surface area contributed by atoms with Crippen molar-refractivity contribution in [1.82, 2.24) is 4.57 Å². The van der Waals surface area contributed by atoms with Crippen LogP contribution in [0.3, 0.4) is 0 Å². The molecule has 0 fully saturated rings. The van der Waals surface area contributed by atoms with Crippen LogP contribution in [-0.4, -0.2) is 10.7 Å². The minimum absolute atomic E-state index is 0.0228. The van der Waals surface area contributed by atoms with Gasteiger partial charge in [0.05, 0.1) is 22.4 Å². The van der Waals surface area contributed by atoms with Crippen molar-refractivity contribution in [1.29, 1.82) is 0 Å².